The van der Waals surface area contributed by atoms with Gasteiger partial charge in [-0.05, 0) is 79.3 Å². The number of ether oxygens (including phenoxy) is 2. The Hall–Kier alpha value is -3.57. The lowest BCUT2D eigenvalue weighted by Crippen LogP contribution is -2.42. The van der Waals surface area contributed by atoms with Gasteiger partial charge in [0.25, 0.3) is 5.91 Å². The Bertz CT molecular complexity index is 1560. The molecule has 3 rings (SSSR count). The third-order valence-electron chi connectivity index (χ3n) is 4.83. The summed E-state index contributed by atoms with van der Waals surface area (Å²) in [5, 5.41) is 2.37. The molecule has 214 valence electrons. The number of hydrogen-bond donors (Lipinski definition) is 4. The molecule has 0 aliphatic carbocycles. The van der Waals surface area contributed by atoms with Gasteiger partial charge in [-0.2, -0.15) is 13.1 Å². The van der Waals surface area contributed by atoms with Crippen LogP contribution in [0.4, 0.5) is 29.3 Å². The maximum atomic E-state index is 14.8. The Morgan fingerprint density at radius 1 is 1.02 bits per heavy atom. The fourth-order valence-electron chi connectivity index (χ4n) is 3.24. The molecule has 0 saturated heterocycles. The van der Waals surface area contributed by atoms with Gasteiger partial charge in [0, 0.05) is 16.2 Å². The summed E-state index contributed by atoms with van der Waals surface area (Å²) < 4.78 is 83.0. The van der Waals surface area contributed by atoms with Crippen LogP contribution in [0.5, 0.6) is 11.5 Å². The van der Waals surface area contributed by atoms with Crippen molar-refractivity contribution in [1.82, 2.24) is 9.44 Å². The monoisotopic (exact) mass is 692 g/mol. The number of amides is 2. The summed E-state index contributed by atoms with van der Waals surface area (Å²) in [5.74, 6) is -5.37. The summed E-state index contributed by atoms with van der Waals surface area (Å²) in [6.07, 6.45) is -1.18. The average molecular weight is 692 g/mol. The highest BCUT2D eigenvalue weighted by atomic mass is 127. The lowest BCUT2D eigenvalue weighted by Gasteiger charge is -2.19. The minimum Gasteiger partial charge on any atom is -0.456 e. The molecule has 0 radical (unpaired) electrons. The minimum absolute atomic E-state index is 0.00305. The van der Waals surface area contributed by atoms with E-state index < -0.39 is 62.3 Å². The summed E-state index contributed by atoms with van der Waals surface area (Å²) in [7, 11) is -4.30. The molecule has 0 aromatic heterocycles. The van der Waals surface area contributed by atoms with Gasteiger partial charge < -0.3 is 20.5 Å². The number of benzene rings is 3. The number of nitrogens with one attached hydrogen (secondary N) is 3. The van der Waals surface area contributed by atoms with Gasteiger partial charge in [-0.3, -0.25) is 4.79 Å². The fraction of sp³-hybridized carbons (Fsp3) is 0.200. The van der Waals surface area contributed by atoms with Crippen LogP contribution in [0, 0.1) is 21.0 Å². The predicted molar refractivity (Wildman–Crippen MR) is 149 cm³/mol. The van der Waals surface area contributed by atoms with Crippen molar-refractivity contribution >= 4 is 56.2 Å². The molecule has 15 heteroatoms. The van der Waals surface area contributed by atoms with E-state index in [4.69, 9.17) is 15.2 Å². The van der Waals surface area contributed by atoms with Gasteiger partial charge in [0.1, 0.15) is 28.5 Å². The number of rotatable bonds is 9. The van der Waals surface area contributed by atoms with Gasteiger partial charge in [-0.15, -0.1) is 0 Å². The summed E-state index contributed by atoms with van der Waals surface area (Å²) in [4.78, 5) is 24.0. The maximum Gasteiger partial charge on any atom is 0.422 e. The highest BCUT2D eigenvalue weighted by Crippen LogP contribution is 2.36. The first-order valence-corrected chi connectivity index (χ1v) is 13.9. The molecule has 3 aromatic carbocycles. The van der Waals surface area contributed by atoms with Crippen LogP contribution in [0.3, 0.4) is 0 Å². The number of nitrogens with two attached hydrogens (primary N) is 1. The number of primary amides is 1. The highest BCUT2D eigenvalue weighted by Gasteiger charge is 2.25. The van der Waals surface area contributed by atoms with Crippen LogP contribution in [0.1, 0.15) is 36.7 Å². The second-order valence-corrected chi connectivity index (χ2v) is 12.0. The molecule has 0 aliphatic heterocycles. The van der Waals surface area contributed by atoms with Crippen molar-refractivity contribution in [1.29, 1.82) is 0 Å². The Balaban J connectivity index is 1.85. The Morgan fingerprint density at radius 3 is 2.35 bits per heavy atom. The first-order chi connectivity index (χ1) is 18.5. The van der Waals surface area contributed by atoms with Crippen molar-refractivity contribution in [2.24, 2.45) is 5.73 Å². The van der Waals surface area contributed by atoms with Crippen LogP contribution in [-0.4, -0.2) is 26.0 Å². The number of anilines is 2. The van der Waals surface area contributed by atoms with Crippen LogP contribution >= 0.6 is 22.6 Å². The van der Waals surface area contributed by atoms with Crippen molar-refractivity contribution in [2.75, 3.05) is 5.32 Å². The second-order valence-electron chi connectivity index (χ2n) is 9.21. The van der Waals surface area contributed by atoms with Gasteiger partial charge in [0.2, 0.25) is 0 Å². The summed E-state index contributed by atoms with van der Waals surface area (Å²) >= 11 is 1.86. The molecule has 0 aliphatic rings. The lowest BCUT2D eigenvalue weighted by atomic mass is 10.1. The van der Waals surface area contributed by atoms with Crippen molar-refractivity contribution in [3.63, 3.8) is 0 Å². The number of halogens is 4. The zero-order valence-electron chi connectivity index (χ0n) is 21.3. The molecule has 0 unspecified atom stereocenters. The molecule has 0 spiro atoms. The average Bonchev–Trinajstić information content (AvgIpc) is 2.81. The van der Waals surface area contributed by atoms with Crippen LogP contribution in [0.2, 0.25) is 0 Å². The van der Waals surface area contributed by atoms with Crippen LogP contribution in [0.25, 0.3) is 0 Å². The smallest absolute Gasteiger partial charge is 0.422 e. The van der Waals surface area contributed by atoms with E-state index in [0.717, 1.165) is 6.07 Å². The van der Waals surface area contributed by atoms with Gasteiger partial charge in [-0.25, -0.2) is 22.7 Å². The zero-order chi connectivity index (χ0) is 29.8. The molecule has 0 bridgehead atoms. The summed E-state index contributed by atoms with van der Waals surface area (Å²) in [6.45, 7) is 4.38. The Kier molecular flexibility index (Phi) is 9.52. The van der Waals surface area contributed by atoms with Crippen molar-refractivity contribution in [3.8, 4) is 11.5 Å². The Labute approximate surface area is 241 Å². The molecule has 10 nitrogen and oxygen atoms in total. The maximum absolute atomic E-state index is 14.8. The Morgan fingerprint density at radius 2 is 1.73 bits per heavy atom. The molecule has 2 amide bonds. The second kappa shape index (κ2) is 12.3. The van der Waals surface area contributed by atoms with Crippen LogP contribution in [0.15, 0.2) is 48.5 Å². The van der Waals surface area contributed by atoms with E-state index in [0.29, 0.717) is 15.2 Å². The molecule has 3 aromatic rings. The number of hydrogen-bond acceptors (Lipinski definition) is 7. The molecule has 0 saturated carbocycles. The molecular formula is C25H24F3IN4O6S. The quantitative estimate of drug-likeness (QED) is 0.225. The lowest BCUT2D eigenvalue weighted by molar-refractivity contribution is 0.0569. The largest absolute Gasteiger partial charge is 0.456 e. The van der Waals surface area contributed by atoms with Gasteiger partial charge in [0.05, 0.1) is 11.4 Å². The minimum atomic E-state index is -4.30. The van der Waals surface area contributed by atoms with Crippen LogP contribution < -0.4 is 25.2 Å². The molecule has 0 fully saturated rings. The molecule has 0 heterocycles. The van der Waals surface area contributed by atoms with Crippen molar-refractivity contribution in [3.05, 3.63) is 80.7 Å². The molecule has 0 atom stereocenters. The van der Waals surface area contributed by atoms with Gasteiger partial charge >= 0.3 is 16.3 Å². The van der Waals surface area contributed by atoms with Gasteiger partial charge in [0.15, 0.2) is 11.6 Å². The van der Waals surface area contributed by atoms with Crippen molar-refractivity contribution < 1.29 is 40.7 Å². The standard InChI is InChI=1S/C25H24F3IN4O6S/c1-25(2,3)39-24(35)33-40(36,37)31-12-13-5-4-6-15(9-13)38-19-11-17(27)21(28)22(20(19)23(30)34)32-18-8-7-14(29)10-16(18)26/h4-11,31-32H,12H2,1-3H3,(H2,30,34)(H,33,35). The van der Waals surface area contributed by atoms with E-state index in [9.17, 15) is 31.2 Å². The van der Waals surface area contributed by atoms with Crippen LogP contribution in [-0.2, 0) is 21.5 Å². The summed E-state index contributed by atoms with van der Waals surface area (Å²) in [6, 6.07) is 10.2. The SMILES string of the molecule is CC(C)(C)OC(=O)NS(=O)(=O)NCc1cccc(Oc2cc(F)c(F)c(Nc3ccc(I)cc3F)c2C(N)=O)c1. The van der Waals surface area contributed by atoms with E-state index in [2.05, 4.69) is 10.0 Å². The normalized spacial score (nSPS) is 11.6. The summed E-state index contributed by atoms with van der Waals surface area (Å²) in [5.41, 5.74) is 3.28. The molecular weight excluding hydrogens is 668 g/mol. The van der Waals surface area contributed by atoms with Gasteiger partial charge in [-0.1, -0.05) is 12.1 Å². The zero-order valence-corrected chi connectivity index (χ0v) is 24.2. The van der Waals surface area contributed by atoms with E-state index >= 15 is 0 Å². The van der Waals surface area contributed by atoms with E-state index in [1.165, 1.54) is 36.4 Å². The third-order valence-corrected chi connectivity index (χ3v) is 6.46. The first-order valence-electron chi connectivity index (χ1n) is 11.4. The molecule has 40 heavy (non-hydrogen) atoms. The van der Waals surface area contributed by atoms with E-state index in [1.807, 2.05) is 22.6 Å². The van der Waals surface area contributed by atoms with E-state index in [-0.39, 0.29) is 18.0 Å². The molecule has 5 N–H and O–H groups in total. The third kappa shape index (κ3) is 8.46. The topological polar surface area (TPSA) is 149 Å². The highest BCUT2D eigenvalue weighted by molar-refractivity contribution is 14.1. The van der Waals surface area contributed by atoms with E-state index in [1.54, 1.807) is 25.5 Å². The fourth-order valence-corrected chi connectivity index (χ4v) is 4.38. The number of carbonyl (C=O) groups is 2. The predicted octanol–water partition coefficient (Wildman–Crippen LogP) is 5.20. The number of carbonyl (C=O) groups excluding carboxylic acids is 2. The van der Waals surface area contributed by atoms with Crippen molar-refractivity contribution in [2.45, 2.75) is 32.9 Å². The first kappa shape index (κ1) is 31.0.